The first-order valence-electron chi connectivity index (χ1n) is 6.79. The highest BCUT2D eigenvalue weighted by Crippen LogP contribution is 2.17. The molecular formula is C12H24N6O3. The van der Waals surface area contributed by atoms with Crippen LogP contribution in [0.5, 0.6) is 0 Å². The Bertz CT molecular complexity index is 433. The van der Waals surface area contributed by atoms with Gasteiger partial charge in [0.05, 0.1) is 12.4 Å². The minimum Gasteiger partial charge on any atom is -0.443 e. The molecule has 2 unspecified atom stereocenters. The molecule has 2 aliphatic rings. The average Bonchev–Trinajstić information content (AvgIpc) is 2.75. The second-order valence-electron chi connectivity index (χ2n) is 5.93. The Kier molecular flexibility index (Phi) is 4.45. The number of nitrogens with zero attached hydrogens (tertiary/aromatic N) is 1. The molecule has 0 aliphatic carbocycles. The van der Waals surface area contributed by atoms with E-state index in [1.54, 1.807) is 27.9 Å². The van der Waals surface area contributed by atoms with Crippen molar-refractivity contribution < 1.29 is 14.3 Å². The van der Waals surface area contributed by atoms with E-state index in [1.807, 2.05) is 11.9 Å². The fraction of sp³-hybridized carbons (Fsp3) is 0.750. The number of carbonyl (C=O) groups excluding carboxylic acids is 1. The quantitative estimate of drug-likeness (QED) is 0.429. The average molecular weight is 300 g/mol. The summed E-state index contributed by atoms with van der Waals surface area (Å²) < 4.78 is 10.5. The molecule has 0 bridgehead atoms. The van der Waals surface area contributed by atoms with Gasteiger partial charge in [-0.3, -0.25) is 10.7 Å². The monoisotopic (exact) mass is 300 g/mol. The molecule has 9 heteroatoms. The summed E-state index contributed by atoms with van der Waals surface area (Å²) in [5, 5.41) is 9.61. The van der Waals surface area contributed by atoms with Crippen LogP contribution < -0.4 is 26.8 Å². The highest BCUT2D eigenvalue weighted by atomic mass is 16.6. The van der Waals surface area contributed by atoms with E-state index in [1.165, 1.54) is 0 Å². The molecule has 5 N–H and O–H groups in total. The SMILES string of the molecule is COC1NC(NNC(=O)OC(C)(C)C)NC2=C1NCN2C. The minimum atomic E-state index is -0.544. The van der Waals surface area contributed by atoms with Crippen LogP contribution in [0.25, 0.3) is 0 Å². The first-order valence-corrected chi connectivity index (χ1v) is 6.79. The maximum absolute atomic E-state index is 11.6. The Labute approximate surface area is 124 Å². The highest BCUT2D eigenvalue weighted by molar-refractivity contribution is 5.67. The van der Waals surface area contributed by atoms with Crippen LogP contribution in [0.3, 0.4) is 0 Å². The molecule has 2 aliphatic heterocycles. The van der Waals surface area contributed by atoms with Crippen LogP contribution in [0, 0.1) is 0 Å². The highest BCUT2D eigenvalue weighted by Gasteiger charge is 2.33. The first kappa shape index (κ1) is 15.7. The summed E-state index contributed by atoms with van der Waals surface area (Å²) in [5.74, 6) is 0.920. The van der Waals surface area contributed by atoms with E-state index in [4.69, 9.17) is 9.47 Å². The van der Waals surface area contributed by atoms with Crippen LogP contribution in [-0.4, -0.2) is 49.9 Å². The third-order valence-corrected chi connectivity index (χ3v) is 2.96. The van der Waals surface area contributed by atoms with Crippen molar-refractivity contribution in [3.8, 4) is 0 Å². The number of hydrogen-bond donors (Lipinski definition) is 5. The number of hydrazine groups is 1. The first-order chi connectivity index (χ1) is 9.80. The third kappa shape index (κ3) is 3.90. The van der Waals surface area contributed by atoms with E-state index < -0.39 is 11.7 Å². The van der Waals surface area contributed by atoms with Gasteiger partial charge in [0.25, 0.3) is 0 Å². The van der Waals surface area contributed by atoms with Gasteiger partial charge in [-0.05, 0) is 20.8 Å². The van der Waals surface area contributed by atoms with Gasteiger partial charge in [0, 0.05) is 14.2 Å². The lowest BCUT2D eigenvalue weighted by Crippen LogP contribution is -2.65. The van der Waals surface area contributed by atoms with Crippen molar-refractivity contribution in [1.29, 1.82) is 0 Å². The lowest BCUT2D eigenvalue weighted by Gasteiger charge is -2.34. The molecule has 0 radical (unpaired) electrons. The summed E-state index contributed by atoms with van der Waals surface area (Å²) in [4.78, 5) is 13.6. The molecule has 0 aromatic heterocycles. The lowest BCUT2D eigenvalue weighted by molar-refractivity contribution is 0.0402. The predicted octanol–water partition coefficient (Wildman–Crippen LogP) is -0.874. The van der Waals surface area contributed by atoms with Gasteiger partial charge < -0.3 is 25.0 Å². The second-order valence-corrected chi connectivity index (χ2v) is 5.93. The van der Waals surface area contributed by atoms with Crippen LogP contribution in [0.1, 0.15) is 20.8 Å². The summed E-state index contributed by atoms with van der Waals surface area (Å²) in [7, 11) is 3.57. The number of ether oxygens (including phenoxy) is 2. The van der Waals surface area contributed by atoms with Crippen molar-refractivity contribution in [3.63, 3.8) is 0 Å². The number of nitrogens with one attached hydrogen (secondary N) is 5. The fourth-order valence-electron chi connectivity index (χ4n) is 2.09. The Morgan fingerprint density at radius 3 is 2.76 bits per heavy atom. The smallest absolute Gasteiger partial charge is 0.422 e. The van der Waals surface area contributed by atoms with Crippen molar-refractivity contribution in [2.24, 2.45) is 0 Å². The number of hydrogen-bond acceptors (Lipinski definition) is 8. The van der Waals surface area contributed by atoms with Crippen molar-refractivity contribution in [3.05, 3.63) is 11.5 Å². The fourth-order valence-corrected chi connectivity index (χ4v) is 2.09. The van der Waals surface area contributed by atoms with E-state index in [-0.39, 0.29) is 12.5 Å². The molecule has 120 valence electrons. The van der Waals surface area contributed by atoms with Crippen LogP contribution >= 0.6 is 0 Å². The molecular weight excluding hydrogens is 276 g/mol. The molecule has 0 saturated heterocycles. The molecule has 21 heavy (non-hydrogen) atoms. The van der Waals surface area contributed by atoms with Gasteiger partial charge in [0.1, 0.15) is 11.4 Å². The van der Waals surface area contributed by atoms with Gasteiger partial charge in [0.2, 0.25) is 0 Å². The van der Waals surface area contributed by atoms with E-state index >= 15 is 0 Å². The summed E-state index contributed by atoms with van der Waals surface area (Å²) in [6, 6.07) is 0. The van der Waals surface area contributed by atoms with Gasteiger partial charge in [-0.25, -0.2) is 4.79 Å². The molecule has 0 spiro atoms. The van der Waals surface area contributed by atoms with Gasteiger partial charge in [-0.15, -0.1) is 0 Å². The third-order valence-electron chi connectivity index (χ3n) is 2.96. The normalized spacial score (nSPS) is 25.1. The van der Waals surface area contributed by atoms with Gasteiger partial charge >= 0.3 is 6.09 Å². The zero-order chi connectivity index (χ0) is 15.6. The molecule has 0 saturated carbocycles. The number of rotatable bonds is 3. The topological polar surface area (TPSA) is 98.9 Å². The molecule has 2 atom stereocenters. The summed E-state index contributed by atoms with van der Waals surface area (Å²) >= 11 is 0. The number of amides is 1. The number of carbonyl (C=O) groups is 1. The van der Waals surface area contributed by atoms with Gasteiger partial charge in [-0.1, -0.05) is 0 Å². The van der Waals surface area contributed by atoms with Crippen LogP contribution in [-0.2, 0) is 9.47 Å². The Hall–Kier alpha value is -1.71. The zero-order valence-corrected chi connectivity index (χ0v) is 13.0. The zero-order valence-electron chi connectivity index (χ0n) is 13.0. The summed E-state index contributed by atoms with van der Waals surface area (Å²) in [6.45, 7) is 6.12. The van der Waals surface area contributed by atoms with Crippen LogP contribution in [0.2, 0.25) is 0 Å². The van der Waals surface area contributed by atoms with E-state index in [0.29, 0.717) is 6.67 Å². The summed E-state index contributed by atoms with van der Waals surface area (Å²) in [5.41, 5.74) is 5.72. The molecule has 1 amide bonds. The predicted molar refractivity (Wildman–Crippen MR) is 76.2 cm³/mol. The van der Waals surface area contributed by atoms with Crippen molar-refractivity contribution in [2.75, 3.05) is 20.8 Å². The lowest BCUT2D eigenvalue weighted by atomic mass is 10.2. The van der Waals surface area contributed by atoms with Crippen LogP contribution in [0.4, 0.5) is 4.79 Å². The van der Waals surface area contributed by atoms with Crippen molar-refractivity contribution >= 4 is 6.09 Å². The van der Waals surface area contributed by atoms with Gasteiger partial charge in [-0.2, -0.15) is 5.43 Å². The van der Waals surface area contributed by atoms with Crippen molar-refractivity contribution in [2.45, 2.75) is 38.9 Å². The molecule has 0 aromatic rings. The molecule has 0 aromatic carbocycles. The van der Waals surface area contributed by atoms with E-state index in [2.05, 4.69) is 26.8 Å². The minimum absolute atomic E-state index is 0.288. The molecule has 2 heterocycles. The largest absolute Gasteiger partial charge is 0.443 e. The molecule has 0 fully saturated rings. The standard InChI is InChI=1S/C12H24N6O3/c1-12(2,3)21-11(19)17-16-10-14-8-7(9(15-10)20-5)13-6-18(8)4/h9-10,13-16H,6H2,1-5H3,(H,17,19). The maximum atomic E-state index is 11.6. The Morgan fingerprint density at radius 2 is 2.14 bits per heavy atom. The molecule has 2 rings (SSSR count). The maximum Gasteiger partial charge on any atom is 0.422 e. The van der Waals surface area contributed by atoms with Crippen molar-refractivity contribution in [1.82, 2.24) is 31.7 Å². The van der Waals surface area contributed by atoms with E-state index in [0.717, 1.165) is 11.5 Å². The van der Waals surface area contributed by atoms with Gasteiger partial charge in [0.15, 0.2) is 12.5 Å². The summed E-state index contributed by atoms with van der Waals surface area (Å²) in [6.07, 6.45) is -1.22. The van der Waals surface area contributed by atoms with E-state index in [9.17, 15) is 4.79 Å². The molecule has 9 nitrogen and oxygen atoms in total. The Balaban J connectivity index is 1.90. The second kappa shape index (κ2) is 5.96. The Morgan fingerprint density at radius 1 is 1.43 bits per heavy atom. The van der Waals surface area contributed by atoms with Crippen LogP contribution in [0.15, 0.2) is 11.5 Å². The number of methoxy groups -OCH3 is 1.